The van der Waals surface area contributed by atoms with Crippen molar-refractivity contribution >= 4 is 11.8 Å². The first-order chi connectivity index (χ1) is 10.3. The van der Waals surface area contributed by atoms with Crippen molar-refractivity contribution in [3.8, 4) is 5.75 Å². The first kappa shape index (κ1) is 16.1. The van der Waals surface area contributed by atoms with Crippen molar-refractivity contribution in [2.45, 2.75) is 16.2 Å². The molecular formula is C19H19NOS. The minimum Gasteiger partial charge on any atom is -0.508 e. The second-order valence-corrected chi connectivity index (χ2v) is 5.91. The van der Waals surface area contributed by atoms with Gasteiger partial charge in [-0.2, -0.15) is 0 Å². The molecule has 4 N–H and O–H groups in total. The Hall–Kier alpha value is -2.23. The Morgan fingerprint density at radius 3 is 1.55 bits per heavy atom. The lowest BCUT2D eigenvalue weighted by Gasteiger charge is -2.17. The summed E-state index contributed by atoms with van der Waals surface area (Å²) in [7, 11) is 0. The Bertz CT molecular complexity index is 641. The number of fused-ring (bicyclic) bond motifs is 2. The predicted octanol–water partition coefficient (Wildman–Crippen LogP) is 5.30. The second kappa shape index (κ2) is 7.69. The molecule has 3 aromatic rings. The van der Waals surface area contributed by atoms with Gasteiger partial charge in [-0.1, -0.05) is 66.4 Å². The quantitative estimate of drug-likeness (QED) is 0.463. The third-order valence-corrected chi connectivity index (χ3v) is 4.54. The molecule has 0 aliphatic carbocycles. The van der Waals surface area contributed by atoms with Crippen LogP contribution >= 0.6 is 11.8 Å². The first-order valence-corrected chi connectivity index (χ1v) is 7.72. The Morgan fingerprint density at radius 1 is 0.636 bits per heavy atom. The summed E-state index contributed by atoms with van der Waals surface area (Å²) < 4.78 is 0. The number of rotatable bonds is 0. The summed E-state index contributed by atoms with van der Waals surface area (Å²) in [5.74, 6) is 0.322. The van der Waals surface area contributed by atoms with Crippen LogP contribution in [-0.4, -0.2) is 5.11 Å². The highest BCUT2D eigenvalue weighted by molar-refractivity contribution is 7.99. The SMILES string of the molecule is N.Oc1ccccc1.c1ccc2c(c1)Cc1ccccc1S2. The minimum absolute atomic E-state index is 0. The molecule has 1 aliphatic rings. The molecule has 1 aliphatic heterocycles. The van der Waals surface area contributed by atoms with Crippen molar-refractivity contribution in [2.75, 3.05) is 0 Å². The van der Waals surface area contributed by atoms with E-state index in [1.165, 1.54) is 20.9 Å². The van der Waals surface area contributed by atoms with E-state index in [9.17, 15) is 0 Å². The van der Waals surface area contributed by atoms with Crippen LogP contribution in [-0.2, 0) is 6.42 Å². The molecule has 1 heterocycles. The highest BCUT2D eigenvalue weighted by Crippen LogP contribution is 2.38. The summed E-state index contributed by atoms with van der Waals surface area (Å²) >= 11 is 1.88. The zero-order valence-electron chi connectivity index (χ0n) is 12.3. The second-order valence-electron chi connectivity index (χ2n) is 4.83. The molecule has 0 aromatic heterocycles. The van der Waals surface area contributed by atoms with E-state index in [2.05, 4.69) is 48.5 Å². The fraction of sp³-hybridized carbons (Fsp3) is 0.0526. The molecule has 0 atom stereocenters. The molecule has 3 aromatic carbocycles. The summed E-state index contributed by atoms with van der Waals surface area (Å²) in [6, 6.07) is 26.0. The fourth-order valence-electron chi connectivity index (χ4n) is 2.25. The fourth-order valence-corrected chi connectivity index (χ4v) is 3.32. The number of aromatic hydroxyl groups is 1. The van der Waals surface area contributed by atoms with E-state index in [4.69, 9.17) is 5.11 Å². The van der Waals surface area contributed by atoms with Crippen molar-refractivity contribution in [3.05, 3.63) is 90.0 Å². The van der Waals surface area contributed by atoms with Gasteiger partial charge in [-0.25, -0.2) is 0 Å². The summed E-state index contributed by atoms with van der Waals surface area (Å²) in [4.78, 5) is 2.82. The highest BCUT2D eigenvalue weighted by atomic mass is 32.2. The maximum atomic E-state index is 8.63. The van der Waals surface area contributed by atoms with Crippen LogP contribution in [0.25, 0.3) is 0 Å². The smallest absolute Gasteiger partial charge is 0.115 e. The number of hydrogen-bond acceptors (Lipinski definition) is 3. The standard InChI is InChI=1S/C13H10S.C6H6O.H3N/c1-3-7-12-10(5-1)9-11-6-2-4-8-13(11)14-12;7-6-4-2-1-3-5-6;/h1-8H,9H2;1-5,7H;1H3. The molecule has 0 fully saturated rings. The summed E-state index contributed by atoms with van der Waals surface area (Å²) in [6.45, 7) is 0. The molecule has 22 heavy (non-hydrogen) atoms. The monoisotopic (exact) mass is 309 g/mol. The third kappa shape index (κ3) is 3.91. The lowest BCUT2D eigenvalue weighted by Crippen LogP contribution is -1.98. The molecule has 3 heteroatoms. The lowest BCUT2D eigenvalue weighted by molar-refractivity contribution is 0.475. The van der Waals surface area contributed by atoms with Crippen LogP contribution in [0.1, 0.15) is 11.1 Å². The van der Waals surface area contributed by atoms with E-state index >= 15 is 0 Å². The van der Waals surface area contributed by atoms with Gasteiger partial charge in [0.2, 0.25) is 0 Å². The van der Waals surface area contributed by atoms with Crippen LogP contribution in [0, 0.1) is 0 Å². The van der Waals surface area contributed by atoms with Crippen LogP contribution in [0.4, 0.5) is 0 Å². The summed E-state index contributed by atoms with van der Waals surface area (Å²) in [5, 5.41) is 8.63. The van der Waals surface area contributed by atoms with Crippen LogP contribution < -0.4 is 6.15 Å². The molecule has 0 amide bonds. The first-order valence-electron chi connectivity index (χ1n) is 6.90. The number of hydrogen-bond donors (Lipinski definition) is 2. The van der Waals surface area contributed by atoms with Crippen molar-refractivity contribution < 1.29 is 5.11 Å². The van der Waals surface area contributed by atoms with Crippen LogP contribution in [0.15, 0.2) is 88.7 Å². The largest absolute Gasteiger partial charge is 0.508 e. The zero-order valence-corrected chi connectivity index (χ0v) is 13.1. The van der Waals surface area contributed by atoms with Gasteiger partial charge in [-0.15, -0.1) is 0 Å². The maximum absolute atomic E-state index is 8.63. The van der Waals surface area contributed by atoms with Crippen LogP contribution in [0.5, 0.6) is 5.75 Å². The van der Waals surface area contributed by atoms with Gasteiger partial charge < -0.3 is 11.3 Å². The zero-order chi connectivity index (χ0) is 14.5. The molecule has 4 rings (SSSR count). The Kier molecular flexibility index (Phi) is 5.64. The van der Waals surface area contributed by atoms with E-state index in [1.807, 2.05) is 17.8 Å². The van der Waals surface area contributed by atoms with Gasteiger partial charge in [-0.05, 0) is 41.8 Å². The van der Waals surface area contributed by atoms with Crippen molar-refractivity contribution in [2.24, 2.45) is 0 Å². The van der Waals surface area contributed by atoms with Crippen molar-refractivity contribution in [1.29, 1.82) is 0 Å². The van der Waals surface area contributed by atoms with E-state index < -0.39 is 0 Å². The molecule has 0 spiro atoms. The summed E-state index contributed by atoms with van der Waals surface area (Å²) in [5.41, 5.74) is 2.91. The van der Waals surface area contributed by atoms with Crippen LogP contribution in [0.2, 0.25) is 0 Å². The van der Waals surface area contributed by atoms with Crippen LogP contribution in [0.3, 0.4) is 0 Å². The van der Waals surface area contributed by atoms with Gasteiger partial charge in [-0.3, -0.25) is 0 Å². The van der Waals surface area contributed by atoms with Gasteiger partial charge in [0.25, 0.3) is 0 Å². The Balaban J connectivity index is 0.000000189. The number of benzene rings is 3. The third-order valence-electron chi connectivity index (χ3n) is 3.30. The van der Waals surface area contributed by atoms with Crippen molar-refractivity contribution in [1.82, 2.24) is 6.15 Å². The highest BCUT2D eigenvalue weighted by Gasteiger charge is 2.13. The Labute approximate surface area is 135 Å². The topological polar surface area (TPSA) is 55.2 Å². The minimum atomic E-state index is 0. The molecule has 0 bridgehead atoms. The molecule has 0 saturated heterocycles. The molecule has 0 radical (unpaired) electrons. The predicted molar refractivity (Wildman–Crippen MR) is 92.9 cm³/mol. The number of phenols is 1. The molecule has 0 unspecified atom stereocenters. The van der Waals surface area contributed by atoms with Gasteiger partial charge in [0.05, 0.1) is 0 Å². The Morgan fingerprint density at radius 2 is 1.09 bits per heavy atom. The van der Waals surface area contributed by atoms with E-state index in [-0.39, 0.29) is 6.15 Å². The molecule has 112 valence electrons. The number of para-hydroxylation sites is 1. The normalized spacial score (nSPS) is 11.1. The summed E-state index contributed by atoms with van der Waals surface area (Å²) in [6.07, 6.45) is 1.08. The molecule has 2 nitrogen and oxygen atoms in total. The average molecular weight is 309 g/mol. The van der Waals surface area contributed by atoms with E-state index in [0.717, 1.165) is 6.42 Å². The average Bonchev–Trinajstić information content (AvgIpc) is 2.54. The van der Waals surface area contributed by atoms with E-state index in [0.29, 0.717) is 5.75 Å². The molecular weight excluding hydrogens is 290 g/mol. The van der Waals surface area contributed by atoms with Gasteiger partial charge in [0.1, 0.15) is 5.75 Å². The lowest BCUT2D eigenvalue weighted by atomic mass is 10.0. The van der Waals surface area contributed by atoms with Gasteiger partial charge in [0, 0.05) is 9.79 Å². The van der Waals surface area contributed by atoms with E-state index in [1.54, 1.807) is 24.3 Å². The maximum Gasteiger partial charge on any atom is 0.115 e. The van der Waals surface area contributed by atoms with Crippen molar-refractivity contribution in [3.63, 3.8) is 0 Å². The van der Waals surface area contributed by atoms with Gasteiger partial charge in [0.15, 0.2) is 0 Å². The number of phenolic OH excluding ortho intramolecular Hbond substituents is 1. The molecule has 0 saturated carbocycles. The van der Waals surface area contributed by atoms with Gasteiger partial charge >= 0.3 is 0 Å².